The molecule has 20 heavy (non-hydrogen) atoms. The minimum Gasteiger partial charge on any atom is -0.372 e. The van der Waals surface area contributed by atoms with Crippen LogP contribution in [0.4, 0.5) is 5.82 Å². The summed E-state index contributed by atoms with van der Waals surface area (Å²) in [5.74, 6) is 1.80. The summed E-state index contributed by atoms with van der Waals surface area (Å²) in [4.78, 5) is 9.25. The van der Waals surface area contributed by atoms with Crippen molar-refractivity contribution in [3.63, 3.8) is 0 Å². The Bertz CT molecular complexity index is 647. The minimum atomic E-state index is 0.324. The van der Waals surface area contributed by atoms with E-state index in [2.05, 4.69) is 67.7 Å². The molecule has 0 aliphatic rings. The van der Waals surface area contributed by atoms with Crippen molar-refractivity contribution >= 4 is 55.9 Å². The van der Waals surface area contributed by atoms with E-state index < -0.39 is 0 Å². The van der Waals surface area contributed by atoms with E-state index in [9.17, 15) is 0 Å². The highest BCUT2D eigenvalue weighted by Crippen LogP contribution is 2.32. The van der Waals surface area contributed by atoms with E-state index in [-0.39, 0.29) is 0 Å². The van der Waals surface area contributed by atoms with Gasteiger partial charge in [-0.25, -0.2) is 9.97 Å². The van der Waals surface area contributed by atoms with E-state index in [0.29, 0.717) is 16.8 Å². The Morgan fingerprint density at radius 1 is 1.30 bits per heavy atom. The molecule has 3 nitrogen and oxygen atoms in total. The summed E-state index contributed by atoms with van der Waals surface area (Å²) in [6.45, 7) is 4.24. The fraction of sp³-hybridized carbons (Fsp3) is 0.286. The molecule has 0 spiro atoms. The number of halogens is 3. The number of nitrogens with one attached hydrogen (secondary N) is 1. The first-order valence-corrected chi connectivity index (χ1v) is 8.39. The molecule has 0 amide bonds. The molecule has 0 saturated carbocycles. The molecule has 106 valence electrons. The highest BCUT2D eigenvalue weighted by atomic mass is 127. The van der Waals surface area contributed by atoms with Crippen molar-refractivity contribution in [2.75, 3.05) is 12.4 Å². The number of rotatable bonds is 3. The van der Waals surface area contributed by atoms with E-state index in [4.69, 9.17) is 11.6 Å². The monoisotopic (exact) mass is 465 g/mol. The zero-order valence-electron chi connectivity index (χ0n) is 11.3. The molecular formula is C14H14BrClIN3. The SMILES string of the molecule is CNc1nc(-c2ccc(Br)cc2Cl)nc(C(C)C)c1I. The summed E-state index contributed by atoms with van der Waals surface area (Å²) in [5.41, 5.74) is 1.86. The third-order valence-corrected chi connectivity index (χ3v) is 4.70. The Labute approximate surface area is 145 Å². The smallest absolute Gasteiger partial charge is 0.163 e. The highest BCUT2D eigenvalue weighted by Gasteiger charge is 2.16. The Balaban J connectivity index is 2.65. The predicted molar refractivity (Wildman–Crippen MR) is 96.5 cm³/mol. The second-order valence-corrected chi connectivity index (χ2v) is 7.03. The lowest BCUT2D eigenvalue weighted by molar-refractivity contribution is 0.809. The van der Waals surface area contributed by atoms with Crippen LogP contribution in [0.3, 0.4) is 0 Å². The first kappa shape index (κ1) is 16.0. The number of hydrogen-bond acceptors (Lipinski definition) is 3. The lowest BCUT2D eigenvalue weighted by Crippen LogP contribution is -2.06. The summed E-state index contributed by atoms with van der Waals surface area (Å²) >= 11 is 12.0. The van der Waals surface area contributed by atoms with Crippen molar-refractivity contribution in [3.05, 3.63) is 37.0 Å². The summed E-state index contributed by atoms with van der Waals surface area (Å²) in [6, 6.07) is 5.72. The van der Waals surface area contributed by atoms with E-state index in [1.165, 1.54) is 0 Å². The van der Waals surface area contributed by atoms with E-state index >= 15 is 0 Å². The van der Waals surface area contributed by atoms with Crippen LogP contribution in [-0.2, 0) is 0 Å². The molecule has 1 aromatic carbocycles. The molecule has 0 saturated heterocycles. The largest absolute Gasteiger partial charge is 0.372 e. The van der Waals surface area contributed by atoms with Crippen LogP contribution in [0.25, 0.3) is 11.4 Å². The van der Waals surface area contributed by atoms with Gasteiger partial charge in [-0.15, -0.1) is 0 Å². The van der Waals surface area contributed by atoms with Crippen LogP contribution in [0.2, 0.25) is 5.02 Å². The van der Waals surface area contributed by atoms with E-state index in [0.717, 1.165) is 25.1 Å². The molecule has 0 unspecified atom stereocenters. The Kier molecular flexibility index (Phi) is 5.25. The average molecular weight is 467 g/mol. The fourth-order valence-corrected chi connectivity index (χ4v) is 3.70. The third-order valence-electron chi connectivity index (χ3n) is 2.83. The molecule has 1 aromatic heterocycles. The first-order valence-electron chi connectivity index (χ1n) is 6.14. The fourth-order valence-electron chi connectivity index (χ4n) is 1.80. The highest BCUT2D eigenvalue weighted by molar-refractivity contribution is 14.1. The second-order valence-electron chi connectivity index (χ2n) is 4.62. The molecule has 1 heterocycles. The van der Waals surface area contributed by atoms with Crippen LogP contribution in [0.5, 0.6) is 0 Å². The minimum absolute atomic E-state index is 0.324. The van der Waals surface area contributed by atoms with Crippen molar-refractivity contribution in [1.82, 2.24) is 9.97 Å². The molecule has 0 radical (unpaired) electrons. The average Bonchev–Trinajstić information content (AvgIpc) is 2.39. The van der Waals surface area contributed by atoms with Crippen LogP contribution in [0, 0.1) is 3.57 Å². The summed E-state index contributed by atoms with van der Waals surface area (Å²) in [5, 5.41) is 3.76. The predicted octanol–water partition coefficient (Wildman–Crippen LogP) is 5.33. The van der Waals surface area contributed by atoms with Gasteiger partial charge in [0.1, 0.15) is 5.82 Å². The van der Waals surface area contributed by atoms with Gasteiger partial charge in [-0.2, -0.15) is 0 Å². The van der Waals surface area contributed by atoms with Gasteiger partial charge in [0, 0.05) is 17.1 Å². The quantitative estimate of drug-likeness (QED) is 0.622. The number of nitrogens with zero attached hydrogens (tertiary/aromatic N) is 2. The molecule has 0 atom stereocenters. The summed E-state index contributed by atoms with van der Waals surface area (Å²) < 4.78 is 1.99. The maximum atomic E-state index is 6.30. The van der Waals surface area contributed by atoms with E-state index in [1.807, 2.05) is 25.2 Å². The van der Waals surface area contributed by atoms with Crippen LogP contribution in [0.1, 0.15) is 25.5 Å². The summed E-state index contributed by atoms with van der Waals surface area (Å²) in [7, 11) is 1.86. The topological polar surface area (TPSA) is 37.8 Å². The van der Waals surface area contributed by atoms with Crippen molar-refractivity contribution in [3.8, 4) is 11.4 Å². The normalized spacial score (nSPS) is 10.9. The second kappa shape index (κ2) is 6.58. The van der Waals surface area contributed by atoms with Crippen LogP contribution < -0.4 is 5.32 Å². The number of hydrogen-bond donors (Lipinski definition) is 1. The van der Waals surface area contributed by atoms with Gasteiger partial charge in [-0.3, -0.25) is 0 Å². The lowest BCUT2D eigenvalue weighted by Gasteiger charge is -2.14. The van der Waals surface area contributed by atoms with Crippen molar-refractivity contribution in [1.29, 1.82) is 0 Å². The van der Waals surface area contributed by atoms with Gasteiger partial charge in [0.2, 0.25) is 0 Å². The Morgan fingerprint density at radius 2 is 2.00 bits per heavy atom. The number of benzene rings is 1. The van der Waals surface area contributed by atoms with Crippen molar-refractivity contribution < 1.29 is 0 Å². The standard InChI is InChI=1S/C14H14BrClIN3/c1-7(2)12-11(17)14(18-3)20-13(19-12)9-5-4-8(15)6-10(9)16/h4-7H,1-3H3,(H,18,19,20). The van der Waals surface area contributed by atoms with Gasteiger partial charge in [-0.1, -0.05) is 41.4 Å². The van der Waals surface area contributed by atoms with Gasteiger partial charge in [0.25, 0.3) is 0 Å². The van der Waals surface area contributed by atoms with Crippen LogP contribution in [-0.4, -0.2) is 17.0 Å². The van der Waals surface area contributed by atoms with Gasteiger partial charge < -0.3 is 5.32 Å². The molecule has 1 N–H and O–H groups in total. The number of anilines is 1. The van der Waals surface area contributed by atoms with Crippen LogP contribution in [0.15, 0.2) is 22.7 Å². The van der Waals surface area contributed by atoms with Crippen LogP contribution >= 0.6 is 50.1 Å². The summed E-state index contributed by atoms with van der Waals surface area (Å²) in [6.07, 6.45) is 0. The molecule has 2 rings (SSSR count). The van der Waals surface area contributed by atoms with Crippen molar-refractivity contribution in [2.24, 2.45) is 0 Å². The molecule has 0 bridgehead atoms. The molecule has 6 heteroatoms. The van der Waals surface area contributed by atoms with Crippen molar-refractivity contribution in [2.45, 2.75) is 19.8 Å². The Hall–Kier alpha value is -0.400. The first-order chi connectivity index (χ1) is 9.43. The Morgan fingerprint density at radius 3 is 2.55 bits per heavy atom. The molecule has 2 aromatic rings. The number of aromatic nitrogens is 2. The maximum absolute atomic E-state index is 6.30. The molecule has 0 aliphatic heterocycles. The van der Waals surface area contributed by atoms with E-state index in [1.54, 1.807) is 0 Å². The van der Waals surface area contributed by atoms with Gasteiger partial charge in [0.15, 0.2) is 5.82 Å². The lowest BCUT2D eigenvalue weighted by atomic mass is 10.1. The van der Waals surface area contributed by atoms with Gasteiger partial charge >= 0.3 is 0 Å². The zero-order chi connectivity index (χ0) is 14.9. The van der Waals surface area contributed by atoms with Gasteiger partial charge in [0.05, 0.1) is 14.3 Å². The maximum Gasteiger partial charge on any atom is 0.163 e. The van der Waals surface area contributed by atoms with Gasteiger partial charge in [-0.05, 0) is 46.7 Å². The molecular weight excluding hydrogens is 452 g/mol. The zero-order valence-corrected chi connectivity index (χ0v) is 15.8. The molecule has 0 aliphatic carbocycles. The molecule has 0 fully saturated rings. The third kappa shape index (κ3) is 3.26.